The molecule has 0 aliphatic carbocycles. The Hall–Kier alpha value is -2.38. The van der Waals surface area contributed by atoms with Crippen LogP contribution >= 0.6 is 0 Å². The minimum atomic E-state index is -3.52. The molecule has 3 aromatic rings. The number of sulfonamides is 1. The van der Waals surface area contributed by atoms with Crippen LogP contribution in [0.1, 0.15) is 24.2 Å². The van der Waals surface area contributed by atoms with Crippen molar-refractivity contribution in [2.24, 2.45) is 0 Å². The van der Waals surface area contributed by atoms with E-state index in [-0.39, 0.29) is 6.10 Å². The summed E-state index contributed by atoms with van der Waals surface area (Å²) in [6.45, 7) is 4.35. The van der Waals surface area contributed by atoms with Crippen LogP contribution in [-0.4, -0.2) is 42.1 Å². The molecule has 1 aromatic heterocycles. The normalized spacial score (nSPS) is 16.7. The highest BCUT2D eigenvalue weighted by Gasteiger charge is 2.33. The van der Waals surface area contributed by atoms with E-state index in [9.17, 15) is 8.42 Å². The first kappa shape index (κ1) is 18.0. The highest BCUT2D eigenvalue weighted by molar-refractivity contribution is 7.89. The number of hydrogen-bond donors (Lipinski definition) is 1. The van der Waals surface area contributed by atoms with Crippen molar-refractivity contribution in [3.63, 3.8) is 0 Å². The van der Waals surface area contributed by atoms with Crippen molar-refractivity contribution in [1.29, 1.82) is 0 Å². The predicted octanol–water partition coefficient (Wildman–Crippen LogP) is 3.41. The van der Waals surface area contributed by atoms with Gasteiger partial charge in [-0.15, -0.1) is 0 Å². The third-order valence-corrected chi connectivity index (χ3v) is 7.25. The van der Waals surface area contributed by atoms with E-state index in [4.69, 9.17) is 4.74 Å². The molecule has 2 heterocycles. The van der Waals surface area contributed by atoms with Gasteiger partial charge in [0, 0.05) is 13.1 Å². The van der Waals surface area contributed by atoms with Crippen LogP contribution in [0.2, 0.25) is 0 Å². The van der Waals surface area contributed by atoms with Crippen molar-refractivity contribution < 1.29 is 13.2 Å². The van der Waals surface area contributed by atoms with Crippen LogP contribution in [0.4, 0.5) is 0 Å². The highest BCUT2D eigenvalue weighted by atomic mass is 32.2. The Morgan fingerprint density at radius 1 is 1.07 bits per heavy atom. The van der Waals surface area contributed by atoms with Crippen molar-refractivity contribution in [1.82, 2.24) is 14.5 Å². The molecule has 4 rings (SSSR count). The number of nitrogens with zero attached hydrogens (tertiary/aromatic N) is 2. The molecule has 0 saturated carbocycles. The van der Waals surface area contributed by atoms with Crippen molar-refractivity contribution in [3.05, 3.63) is 53.9 Å². The SMILES string of the molecule is Cc1n[nH]c(C)c1S(=O)(=O)N1CCC(Oc2ccc3ccccc3c2)CC1. The van der Waals surface area contributed by atoms with Crippen LogP contribution < -0.4 is 4.74 Å². The third kappa shape index (κ3) is 3.44. The van der Waals surface area contributed by atoms with Gasteiger partial charge in [-0.2, -0.15) is 9.40 Å². The van der Waals surface area contributed by atoms with E-state index in [0.29, 0.717) is 42.2 Å². The minimum Gasteiger partial charge on any atom is -0.490 e. The zero-order valence-electron chi connectivity index (χ0n) is 15.5. The number of hydrogen-bond acceptors (Lipinski definition) is 4. The largest absolute Gasteiger partial charge is 0.490 e. The fourth-order valence-electron chi connectivity index (χ4n) is 3.67. The van der Waals surface area contributed by atoms with Gasteiger partial charge in [-0.3, -0.25) is 5.10 Å². The molecule has 1 fully saturated rings. The first-order valence-corrected chi connectivity index (χ1v) is 10.6. The summed E-state index contributed by atoms with van der Waals surface area (Å²) in [7, 11) is -3.52. The average Bonchev–Trinajstić information content (AvgIpc) is 3.01. The highest BCUT2D eigenvalue weighted by Crippen LogP contribution is 2.27. The number of aryl methyl sites for hydroxylation is 2. The number of piperidine rings is 1. The summed E-state index contributed by atoms with van der Waals surface area (Å²) in [4.78, 5) is 0.302. The molecule has 2 aromatic carbocycles. The van der Waals surface area contributed by atoms with Gasteiger partial charge in [-0.05, 0) is 49.6 Å². The van der Waals surface area contributed by atoms with Gasteiger partial charge in [0.15, 0.2) is 0 Å². The van der Waals surface area contributed by atoms with Crippen LogP contribution in [0.5, 0.6) is 5.75 Å². The van der Waals surface area contributed by atoms with Gasteiger partial charge in [0.2, 0.25) is 10.0 Å². The summed E-state index contributed by atoms with van der Waals surface area (Å²) in [5, 5.41) is 9.09. The van der Waals surface area contributed by atoms with Gasteiger partial charge in [-0.25, -0.2) is 8.42 Å². The maximum Gasteiger partial charge on any atom is 0.246 e. The molecular formula is C20H23N3O3S. The summed E-state index contributed by atoms with van der Waals surface area (Å²) in [5.74, 6) is 0.830. The van der Waals surface area contributed by atoms with Crippen molar-refractivity contribution in [2.45, 2.75) is 37.7 Å². The van der Waals surface area contributed by atoms with Crippen LogP contribution in [0, 0.1) is 13.8 Å². The Balaban J connectivity index is 1.44. The number of fused-ring (bicyclic) bond motifs is 1. The number of aromatic nitrogens is 2. The predicted molar refractivity (Wildman–Crippen MR) is 104 cm³/mol. The van der Waals surface area contributed by atoms with E-state index in [1.54, 1.807) is 13.8 Å². The zero-order valence-corrected chi connectivity index (χ0v) is 16.3. The number of ether oxygens (including phenoxy) is 1. The topological polar surface area (TPSA) is 75.3 Å². The first-order chi connectivity index (χ1) is 12.9. The molecule has 0 atom stereocenters. The van der Waals surface area contributed by atoms with Gasteiger partial charge >= 0.3 is 0 Å². The van der Waals surface area contributed by atoms with E-state index in [1.807, 2.05) is 24.3 Å². The fourth-order valence-corrected chi connectivity index (χ4v) is 5.47. The Kier molecular flexibility index (Phi) is 4.65. The van der Waals surface area contributed by atoms with Crippen LogP contribution in [0.15, 0.2) is 47.4 Å². The Morgan fingerprint density at radius 3 is 2.44 bits per heavy atom. The summed E-state index contributed by atoms with van der Waals surface area (Å²) < 4.78 is 33.5. The second-order valence-corrected chi connectivity index (χ2v) is 8.87. The van der Waals surface area contributed by atoms with Crippen molar-refractivity contribution >= 4 is 20.8 Å². The molecule has 7 heteroatoms. The quantitative estimate of drug-likeness (QED) is 0.747. The van der Waals surface area contributed by atoms with Gasteiger partial charge in [0.25, 0.3) is 0 Å². The average molecular weight is 385 g/mol. The number of rotatable bonds is 4. The van der Waals surface area contributed by atoms with Gasteiger partial charge in [0.05, 0.1) is 11.4 Å². The molecule has 0 bridgehead atoms. The summed E-state index contributed by atoms with van der Waals surface area (Å²) >= 11 is 0. The van der Waals surface area contributed by atoms with E-state index >= 15 is 0 Å². The summed E-state index contributed by atoms with van der Waals surface area (Å²) in [6, 6.07) is 14.2. The van der Waals surface area contributed by atoms with Gasteiger partial charge < -0.3 is 4.74 Å². The number of benzene rings is 2. The summed E-state index contributed by atoms with van der Waals surface area (Å²) in [5.41, 5.74) is 1.10. The van der Waals surface area contributed by atoms with Crippen LogP contribution in [0.25, 0.3) is 10.8 Å². The van der Waals surface area contributed by atoms with E-state index in [1.165, 1.54) is 9.69 Å². The first-order valence-electron chi connectivity index (χ1n) is 9.12. The second-order valence-electron chi connectivity index (χ2n) is 6.99. The number of nitrogens with one attached hydrogen (secondary N) is 1. The Bertz CT molecular complexity index is 1050. The Morgan fingerprint density at radius 2 is 1.78 bits per heavy atom. The maximum atomic E-state index is 12.9. The van der Waals surface area contributed by atoms with Gasteiger partial charge in [-0.1, -0.05) is 30.3 Å². The lowest BCUT2D eigenvalue weighted by molar-refractivity contribution is 0.135. The summed E-state index contributed by atoms with van der Waals surface area (Å²) in [6.07, 6.45) is 1.36. The number of H-pyrrole nitrogens is 1. The molecule has 1 aliphatic rings. The van der Waals surface area contributed by atoms with E-state index in [0.717, 1.165) is 11.1 Å². The molecule has 6 nitrogen and oxygen atoms in total. The monoisotopic (exact) mass is 385 g/mol. The molecule has 0 unspecified atom stereocenters. The molecule has 0 amide bonds. The molecule has 1 aliphatic heterocycles. The molecule has 27 heavy (non-hydrogen) atoms. The van der Waals surface area contributed by atoms with Crippen molar-refractivity contribution in [2.75, 3.05) is 13.1 Å². The minimum absolute atomic E-state index is 0.0177. The second kappa shape index (κ2) is 6.98. The van der Waals surface area contributed by atoms with Gasteiger partial charge in [0.1, 0.15) is 16.7 Å². The molecular weight excluding hydrogens is 362 g/mol. The Labute approximate surface area is 159 Å². The fraction of sp³-hybridized carbons (Fsp3) is 0.350. The van der Waals surface area contributed by atoms with E-state index < -0.39 is 10.0 Å². The number of aromatic amines is 1. The molecule has 1 N–H and O–H groups in total. The lowest BCUT2D eigenvalue weighted by Crippen LogP contribution is -2.42. The third-order valence-electron chi connectivity index (χ3n) is 5.08. The lowest BCUT2D eigenvalue weighted by Gasteiger charge is -2.31. The molecule has 0 spiro atoms. The zero-order chi connectivity index (χ0) is 19.0. The van der Waals surface area contributed by atoms with Crippen LogP contribution in [-0.2, 0) is 10.0 Å². The van der Waals surface area contributed by atoms with Crippen LogP contribution in [0.3, 0.4) is 0 Å². The maximum absolute atomic E-state index is 12.9. The smallest absolute Gasteiger partial charge is 0.246 e. The van der Waals surface area contributed by atoms with Crippen molar-refractivity contribution in [3.8, 4) is 5.75 Å². The van der Waals surface area contributed by atoms with E-state index in [2.05, 4.69) is 28.4 Å². The molecule has 0 radical (unpaired) electrons. The standard InChI is InChI=1S/C20H23N3O3S/c1-14-20(15(2)22-21-14)27(24,25)23-11-9-18(10-12-23)26-19-8-7-16-5-3-4-6-17(16)13-19/h3-8,13,18H,9-12H2,1-2H3,(H,21,22). The molecule has 1 saturated heterocycles. The lowest BCUT2D eigenvalue weighted by atomic mass is 10.1. The molecule has 142 valence electrons.